The number of nitrogens with zero attached hydrogens (tertiary/aromatic N) is 1. The lowest BCUT2D eigenvalue weighted by molar-refractivity contribution is 1.13. The zero-order chi connectivity index (χ0) is 12.3. The Balaban J connectivity index is 2.12. The van der Waals surface area contributed by atoms with Crippen LogP contribution < -0.4 is 11.1 Å². The molecule has 0 atom stereocenters. The van der Waals surface area contributed by atoms with Crippen LogP contribution in [-0.2, 0) is 6.54 Å². The Bertz CT molecular complexity index is 515. The molecule has 0 bridgehead atoms. The molecule has 0 spiro atoms. The topological polar surface area (TPSA) is 50.9 Å². The van der Waals surface area contributed by atoms with E-state index in [-0.39, 0.29) is 0 Å². The average molecular weight is 268 g/mol. The Hall–Kier alpha value is -1.45. The fraction of sp³-hybridized carbons (Fsp3) is 0.0833. The van der Waals surface area contributed by atoms with Crippen LogP contribution in [0, 0.1) is 0 Å². The summed E-state index contributed by atoms with van der Waals surface area (Å²) < 4.78 is 0. The first kappa shape index (κ1) is 12.0. The molecule has 0 fully saturated rings. The predicted octanol–water partition coefficient (Wildman–Crippen LogP) is 3.58. The van der Waals surface area contributed by atoms with E-state index in [1.807, 2.05) is 12.1 Å². The van der Waals surface area contributed by atoms with Crippen molar-refractivity contribution in [1.29, 1.82) is 0 Å². The molecule has 2 rings (SSSR count). The van der Waals surface area contributed by atoms with Gasteiger partial charge in [-0.15, -0.1) is 0 Å². The molecule has 0 amide bonds. The van der Waals surface area contributed by atoms with Crippen molar-refractivity contribution in [3.8, 4) is 0 Å². The molecule has 1 heterocycles. The van der Waals surface area contributed by atoms with Crippen molar-refractivity contribution in [2.75, 3.05) is 11.1 Å². The van der Waals surface area contributed by atoms with Crippen LogP contribution in [-0.4, -0.2) is 4.98 Å². The second-order valence-corrected chi connectivity index (χ2v) is 4.38. The highest BCUT2D eigenvalue weighted by molar-refractivity contribution is 6.42. The Labute approximate surface area is 110 Å². The molecular formula is C12H11Cl2N3. The molecule has 88 valence electrons. The highest BCUT2D eigenvalue weighted by atomic mass is 35.5. The van der Waals surface area contributed by atoms with E-state index in [0.717, 1.165) is 11.3 Å². The van der Waals surface area contributed by atoms with Gasteiger partial charge in [0, 0.05) is 18.9 Å². The van der Waals surface area contributed by atoms with Crippen LogP contribution in [0.1, 0.15) is 5.56 Å². The Morgan fingerprint density at radius 1 is 1.12 bits per heavy atom. The van der Waals surface area contributed by atoms with Gasteiger partial charge in [-0.3, -0.25) is 4.98 Å². The summed E-state index contributed by atoms with van der Waals surface area (Å²) in [4.78, 5) is 3.95. The van der Waals surface area contributed by atoms with Crippen LogP contribution >= 0.6 is 23.2 Å². The van der Waals surface area contributed by atoms with Crippen LogP contribution in [0.15, 0.2) is 36.7 Å². The number of nitrogens with one attached hydrogen (secondary N) is 1. The number of aromatic nitrogens is 1. The molecule has 0 radical (unpaired) electrons. The second kappa shape index (κ2) is 5.25. The third-order valence-corrected chi connectivity index (χ3v) is 3.05. The number of benzene rings is 1. The van der Waals surface area contributed by atoms with E-state index >= 15 is 0 Å². The van der Waals surface area contributed by atoms with Crippen molar-refractivity contribution in [1.82, 2.24) is 4.98 Å². The molecule has 0 aliphatic rings. The summed E-state index contributed by atoms with van der Waals surface area (Å²) in [5.41, 5.74) is 8.30. The van der Waals surface area contributed by atoms with Gasteiger partial charge in [0.05, 0.1) is 21.4 Å². The van der Waals surface area contributed by atoms with Gasteiger partial charge < -0.3 is 11.1 Å². The first-order valence-electron chi connectivity index (χ1n) is 5.04. The van der Waals surface area contributed by atoms with Crippen LogP contribution in [0.3, 0.4) is 0 Å². The van der Waals surface area contributed by atoms with Gasteiger partial charge in [-0.2, -0.15) is 0 Å². The standard InChI is InChI=1S/C12H11Cl2N3/c13-9-5-11(15)12(6-10(9)14)17-7-8-1-3-16-4-2-8/h1-6,17H,7,15H2. The molecule has 0 aliphatic heterocycles. The zero-order valence-corrected chi connectivity index (χ0v) is 10.5. The fourth-order valence-electron chi connectivity index (χ4n) is 1.41. The van der Waals surface area contributed by atoms with E-state index in [4.69, 9.17) is 28.9 Å². The molecule has 3 nitrogen and oxygen atoms in total. The van der Waals surface area contributed by atoms with Gasteiger partial charge in [-0.05, 0) is 29.8 Å². The van der Waals surface area contributed by atoms with Crippen molar-refractivity contribution in [3.63, 3.8) is 0 Å². The van der Waals surface area contributed by atoms with E-state index in [1.165, 1.54) is 0 Å². The maximum atomic E-state index is 5.93. The van der Waals surface area contributed by atoms with Gasteiger partial charge in [-0.1, -0.05) is 23.2 Å². The Morgan fingerprint density at radius 3 is 2.47 bits per heavy atom. The smallest absolute Gasteiger partial charge is 0.0614 e. The molecule has 1 aromatic carbocycles. The van der Waals surface area contributed by atoms with Crippen molar-refractivity contribution in [2.24, 2.45) is 0 Å². The van der Waals surface area contributed by atoms with Crippen LogP contribution in [0.25, 0.3) is 0 Å². The zero-order valence-electron chi connectivity index (χ0n) is 8.95. The number of rotatable bonds is 3. The van der Waals surface area contributed by atoms with Crippen molar-refractivity contribution in [2.45, 2.75) is 6.54 Å². The van der Waals surface area contributed by atoms with Crippen LogP contribution in [0.4, 0.5) is 11.4 Å². The molecule has 1 aromatic heterocycles. The van der Waals surface area contributed by atoms with E-state index in [1.54, 1.807) is 24.5 Å². The first-order valence-corrected chi connectivity index (χ1v) is 5.79. The van der Waals surface area contributed by atoms with Crippen LogP contribution in [0.5, 0.6) is 0 Å². The number of nitrogens with two attached hydrogens (primary N) is 1. The predicted molar refractivity (Wildman–Crippen MR) is 72.4 cm³/mol. The molecule has 0 saturated carbocycles. The summed E-state index contributed by atoms with van der Waals surface area (Å²) in [7, 11) is 0. The summed E-state index contributed by atoms with van der Waals surface area (Å²) in [6.07, 6.45) is 3.49. The summed E-state index contributed by atoms with van der Waals surface area (Å²) >= 11 is 11.8. The summed E-state index contributed by atoms with van der Waals surface area (Å²) in [6, 6.07) is 7.22. The van der Waals surface area contributed by atoms with Crippen molar-refractivity contribution >= 4 is 34.6 Å². The number of hydrogen-bond acceptors (Lipinski definition) is 3. The van der Waals surface area contributed by atoms with Crippen molar-refractivity contribution in [3.05, 3.63) is 52.3 Å². The van der Waals surface area contributed by atoms with Crippen LogP contribution in [0.2, 0.25) is 10.0 Å². The number of hydrogen-bond donors (Lipinski definition) is 2. The normalized spacial score (nSPS) is 10.2. The van der Waals surface area contributed by atoms with E-state index in [2.05, 4.69) is 10.3 Å². The average Bonchev–Trinajstić information content (AvgIpc) is 2.33. The van der Waals surface area contributed by atoms with E-state index in [0.29, 0.717) is 22.3 Å². The quantitative estimate of drug-likeness (QED) is 0.836. The SMILES string of the molecule is Nc1cc(Cl)c(Cl)cc1NCc1ccncc1. The van der Waals surface area contributed by atoms with Gasteiger partial charge in [0.25, 0.3) is 0 Å². The summed E-state index contributed by atoms with van der Waals surface area (Å²) in [5, 5.41) is 4.14. The lowest BCUT2D eigenvalue weighted by Gasteiger charge is -2.10. The maximum absolute atomic E-state index is 5.93. The molecular weight excluding hydrogens is 257 g/mol. The minimum absolute atomic E-state index is 0.457. The lowest BCUT2D eigenvalue weighted by Crippen LogP contribution is -2.02. The molecule has 2 aromatic rings. The van der Waals surface area contributed by atoms with Gasteiger partial charge in [0.15, 0.2) is 0 Å². The lowest BCUT2D eigenvalue weighted by atomic mass is 10.2. The molecule has 0 unspecified atom stereocenters. The van der Waals surface area contributed by atoms with Gasteiger partial charge in [0.2, 0.25) is 0 Å². The fourth-order valence-corrected chi connectivity index (χ4v) is 1.75. The molecule has 3 N–H and O–H groups in total. The number of nitrogen functional groups attached to an aromatic ring is 1. The number of halogens is 2. The van der Waals surface area contributed by atoms with E-state index in [9.17, 15) is 0 Å². The Morgan fingerprint density at radius 2 is 1.76 bits per heavy atom. The summed E-state index contributed by atoms with van der Waals surface area (Å²) in [5.74, 6) is 0. The largest absolute Gasteiger partial charge is 0.397 e. The highest BCUT2D eigenvalue weighted by Gasteiger charge is 2.04. The minimum atomic E-state index is 0.457. The van der Waals surface area contributed by atoms with Crippen molar-refractivity contribution < 1.29 is 0 Å². The maximum Gasteiger partial charge on any atom is 0.0614 e. The number of anilines is 2. The third-order valence-electron chi connectivity index (χ3n) is 2.32. The third kappa shape index (κ3) is 3.02. The van der Waals surface area contributed by atoms with Gasteiger partial charge >= 0.3 is 0 Å². The second-order valence-electron chi connectivity index (χ2n) is 3.56. The highest BCUT2D eigenvalue weighted by Crippen LogP contribution is 2.30. The van der Waals surface area contributed by atoms with E-state index < -0.39 is 0 Å². The number of pyridine rings is 1. The molecule has 0 aliphatic carbocycles. The molecule has 5 heteroatoms. The molecule has 0 saturated heterocycles. The Kier molecular flexibility index (Phi) is 3.71. The monoisotopic (exact) mass is 267 g/mol. The summed E-state index contributed by atoms with van der Waals surface area (Å²) in [6.45, 7) is 0.657. The minimum Gasteiger partial charge on any atom is -0.397 e. The van der Waals surface area contributed by atoms with Gasteiger partial charge in [-0.25, -0.2) is 0 Å². The van der Waals surface area contributed by atoms with Gasteiger partial charge in [0.1, 0.15) is 0 Å². The molecule has 17 heavy (non-hydrogen) atoms. The first-order chi connectivity index (χ1) is 8.16.